The maximum atomic E-state index is 13.2. The molecule has 0 N–H and O–H groups in total. The number of ether oxygens (including phenoxy) is 2. The second-order valence-electron chi connectivity index (χ2n) is 7.16. The molecule has 4 rings (SSSR count). The highest BCUT2D eigenvalue weighted by molar-refractivity contribution is 5.77. The Bertz CT molecular complexity index is 1160. The second kappa shape index (κ2) is 8.35. The van der Waals surface area contributed by atoms with E-state index in [9.17, 15) is 9.59 Å². The Balaban J connectivity index is 1.81. The first-order valence-electron chi connectivity index (χ1n) is 10.3. The van der Waals surface area contributed by atoms with E-state index < -0.39 is 0 Å². The molecule has 3 aromatic rings. The van der Waals surface area contributed by atoms with E-state index in [1.165, 1.54) is 9.13 Å². The summed E-state index contributed by atoms with van der Waals surface area (Å²) in [6, 6.07) is 7.83. The summed E-state index contributed by atoms with van der Waals surface area (Å²) in [5.41, 5.74) is 1.14. The number of fused-ring (bicyclic) bond motifs is 3. The number of benzene rings is 1. The van der Waals surface area contributed by atoms with Crippen LogP contribution in [0.25, 0.3) is 11.2 Å². The minimum Gasteiger partial charge on any atom is -0.494 e. The molecule has 0 radical (unpaired) electrons. The molecule has 0 bridgehead atoms. The summed E-state index contributed by atoms with van der Waals surface area (Å²) in [7, 11) is 1.65. The molecule has 0 aliphatic carbocycles. The van der Waals surface area contributed by atoms with Gasteiger partial charge in [0.15, 0.2) is 11.2 Å². The summed E-state index contributed by atoms with van der Waals surface area (Å²) < 4.78 is 15.5. The zero-order valence-electron chi connectivity index (χ0n) is 17.6. The van der Waals surface area contributed by atoms with Crippen LogP contribution in [0.3, 0.4) is 0 Å². The number of nitrogens with zero attached hydrogens (tertiary/aromatic N) is 5. The van der Waals surface area contributed by atoms with Crippen molar-refractivity contribution < 1.29 is 9.47 Å². The summed E-state index contributed by atoms with van der Waals surface area (Å²) in [5, 5.41) is 0. The van der Waals surface area contributed by atoms with Gasteiger partial charge < -0.3 is 18.9 Å². The molecule has 160 valence electrons. The molecule has 0 spiro atoms. The Hall–Kier alpha value is -3.07. The number of rotatable bonds is 7. The third-order valence-corrected chi connectivity index (χ3v) is 5.34. The summed E-state index contributed by atoms with van der Waals surface area (Å²) in [4.78, 5) is 32.7. The highest BCUT2D eigenvalue weighted by Crippen LogP contribution is 2.31. The quantitative estimate of drug-likeness (QED) is 0.550. The average Bonchev–Trinajstić information content (AvgIpc) is 3.15. The third kappa shape index (κ3) is 3.39. The van der Waals surface area contributed by atoms with Crippen molar-refractivity contribution in [1.82, 2.24) is 18.7 Å². The van der Waals surface area contributed by atoms with Crippen LogP contribution in [0.2, 0.25) is 0 Å². The van der Waals surface area contributed by atoms with Crippen molar-refractivity contribution in [3.63, 3.8) is 0 Å². The number of imidazole rings is 1. The predicted octanol–water partition coefficient (Wildman–Crippen LogP) is 1.87. The van der Waals surface area contributed by atoms with Crippen molar-refractivity contribution in [2.75, 3.05) is 31.3 Å². The van der Waals surface area contributed by atoms with E-state index >= 15 is 0 Å². The predicted molar refractivity (Wildman–Crippen MR) is 115 cm³/mol. The van der Waals surface area contributed by atoms with E-state index in [2.05, 4.69) is 4.90 Å². The monoisotopic (exact) mass is 413 g/mol. The highest BCUT2D eigenvalue weighted by atomic mass is 16.5. The van der Waals surface area contributed by atoms with Gasteiger partial charge in [-0.2, -0.15) is 4.98 Å². The van der Waals surface area contributed by atoms with Gasteiger partial charge in [0.05, 0.1) is 19.8 Å². The van der Waals surface area contributed by atoms with Crippen LogP contribution < -0.4 is 20.9 Å². The molecule has 3 heterocycles. The van der Waals surface area contributed by atoms with Gasteiger partial charge in [0, 0.05) is 32.4 Å². The lowest BCUT2D eigenvalue weighted by atomic mass is 10.2. The summed E-state index contributed by atoms with van der Waals surface area (Å²) in [5.74, 6) is 1.49. The average molecular weight is 413 g/mol. The summed E-state index contributed by atoms with van der Waals surface area (Å²) in [6.45, 7) is 6.98. The maximum absolute atomic E-state index is 13.2. The van der Waals surface area contributed by atoms with E-state index in [1.54, 1.807) is 7.05 Å². The van der Waals surface area contributed by atoms with Crippen LogP contribution in [0.1, 0.15) is 20.3 Å². The first-order chi connectivity index (χ1) is 14.6. The fourth-order valence-electron chi connectivity index (χ4n) is 3.90. The van der Waals surface area contributed by atoms with Crippen LogP contribution in [0.15, 0.2) is 33.9 Å². The van der Waals surface area contributed by atoms with Crippen molar-refractivity contribution in [2.45, 2.75) is 33.4 Å². The lowest BCUT2D eigenvalue weighted by Gasteiger charge is -2.29. The van der Waals surface area contributed by atoms with Gasteiger partial charge in [-0.25, -0.2) is 4.79 Å². The molecule has 9 heteroatoms. The number of aromatic nitrogens is 4. The number of hydrogen-bond donors (Lipinski definition) is 0. The summed E-state index contributed by atoms with van der Waals surface area (Å²) in [6.07, 6.45) is 0.868. The van der Waals surface area contributed by atoms with E-state index in [0.29, 0.717) is 43.5 Å². The Kier molecular flexibility index (Phi) is 5.63. The molecule has 30 heavy (non-hydrogen) atoms. The van der Waals surface area contributed by atoms with Crippen LogP contribution in [-0.2, 0) is 24.9 Å². The molecule has 0 atom stereocenters. The first kappa shape index (κ1) is 20.2. The molecule has 0 unspecified atom stereocenters. The van der Waals surface area contributed by atoms with Gasteiger partial charge in [0.25, 0.3) is 5.56 Å². The number of anilines is 2. The SMILES string of the molecule is CCOCCn1c(=O)c2c(nc3n2CCCN3c2ccc(OCC)cc2)n(C)c1=O. The largest absolute Gasteiger partial charge is 0.494 e. The zero-order chi connectivity index (χ0) is 21.3. The minimum atomic E-state index is -0.379. The van der Waals surface area contributed by atoms with Crippen molar-refractivity contribution in [1.29, 1.82) is 0 Å². The topological polar surface area (TPSA) is 83.5 Å². The molecule has 2 aromatic heterocycles. The molecule has 0 amide bonds. The Labute approximate surface area is 174 Å². The molecule has 1 aliphatic heterocycles. The van der Waals surface area contributed by atoms with Gasteiger partial charge >= 0.3 is 5.69 Å². The van der Waals surface area contributed by atoms with E-state index in [4.69, 9.17) is 14.5 Å². The molecule has 1 aromatic carbocycles. The van der Waals surface area contributed by atoms with Crippen molar-refractivity contribution in [2.24, 2.45) is 7.05 Å². The fraction of sp³-hybridized carbons (Fsp3) is 0.476. The molecule has 1 aliphatic rings. The van der Waals surface area contributed by atoms with Gasteiger partial charge in [-0.1, -0.05) is 0 Å². The van der Waals surface area contributed by atoms with Crippen LogP contribution in [-0.4, -0.2) is 45.1 Å². The second-order valence-corrected chi connectivity index (χ2v) is 7.16. The van der Waals surface area contributed by atoms with E-state index in [-0.39, 0.29) is 17.8 Å². The third-order valence-electron chi connectivity index (χ3n) is 5.34. The normalized spacial score (nSPS) is 13.6. The molecule has 9 nitrogen and oxygen atoms in total. The molecule has 0 saturated heterocycles. The van der Waals surface area contributed by atoms with Crippen LogP contribution in [0.4, 0.5) is 11.6 Å². The molecule has 0 saturated carbocycles. The lowest BCUT2D eigenvalue weighted by Crippen LogP contribution is -2.40. The molecular formula is C21H27N5O4. The molecular weight excluding hydrogens is 386 g/mol. The van der Waals surface area contributed by atoms with Crippen LogP contribution in [0, 0.1) is 0 Å². The van der Waals surface area contributed by atoms with Gasteiger partial charge in [-0.05, 0) is 44.5 Å². The lowest BCUT2D eigenvalue weighted by molar-refractivity contribution is 0.137. The minimum absolute atomic E-state index is 0.221. The van der Waals surface area contributed by atoms with Crippen molar-refractivity contribution in [3.05, 3.63) is 45.1 Å². The Morgan fingerprint density at radius 3 is 2.53 bits per heavy atom. The zero-order valence-corrected chi connectivity index (χ0v) is 17.6. The number of hydrogen-bond acceptors (Lipinski definition) is 6. The standard InChI is InChI=1S/C21H27N5O4/c1-4-29-14-13-26-19(27)17-18(23(3)21(26)28)22-20-24(11-6-12-25(17)20)15-7-9-16(10-8-15)30-5-2/h7-10H,4-6,11-14H2,1-3H3. The van der Waals surface area contributed by atoms with Gasteiger partial charge in [0.2, 0.25) is 5.95 Å². The van der Waals surface area contributed by atoms with Crippen molar-refractivity contribution in [3.8, 4) is 5.75 Å². The smallest absolute Gasteiger partial charge is 0.332 e. The van der Waals surface area contributed by atoms with Gasteiger partial charge in [-0.3, -0.25) is 13.9 Å². The molecule has 0 fully saturated rings. The van der Waals surface area contributed by atoms with Crippen molar-refractivity contribution >= 4 is 22.8 Å². The first-order valence-corrected chi connectivity index (χ1v) is 10.3. The van der Waals surface area contributed by atoms with Gasteiger partial charge in [-0.15, -0.1) is 0 Å². The fourth-order valence-corrected chi connectivity index (χ4v) is 3.90. The van der Waals surface area contributed by atoms with E-state index in [0.717, 1.165) is 24.4 Å². The number of aryl methyl sites for hydroxylation is 2. The van der Waals surface area contributed by atoms with Crippen LogP contribution >= 0.6 is 0 Å². The summed E-state index contributed by atoms with van der Waals surface area (Å²) >= 11 is 0. The van der Waals surface area contributed by atoms with E-state index in [1.807, 2.05) is 42.7 Å². The Morgan fingerprint density at radius 1 is 1.07 bits per heavy atom. The van der Waals surface area contributed by atoms with Crippen LogP contribution in [0.5, 0.6) is 5.75 Å². The van der Waals surface area contributed by atoms with Gasteiger partial charge in [0.1, 0.15) is 5.75 Å². The maximum Gasteiger partial charge on any atom is 0.332 e. The highest BCUT2D eigenvalue weighted by Gasteiger charge is 2.26. The Morgan fingerprint density at radius 2 is 1.83 bits per heavy atom.